The van der Waals surface area contributed by atoms with E-state index in [0.29, 0.717) is 12.3 Å². The number of methoxy groups -OCH3 is 2. The topological polar surface area (TPSA) is 42.0 Å². The summed E-state index contributed by atoms with van der Waals surface area (Å²) in [7, 11) is 3.43. The first kappa shape index (κ1) is 18.2. The van der Waals surface area contributed by atoms with Gasteiger partial charge in [-0.2, -0.15) is 0 Å². The van der Waals surface area contributed by atoms with Crippen LogP contribution < -0.4 is 4.74 Å². The number of hydrogen-bond donors (Lipinski definition) is 0. The van der Waals surface area contributed by atoms with Crippen LogP contribution in [0.3, 0.4) is 0 Å². The number of carbonyl (C=O) groups excluding carboxylic acids is 1. The van der Waals surface area contributed by atoms with Crippen LogP contribution in [0.2, 0.25) is 0 Å². The third-order valence-corrected chi connectivity index (χ3v) is 5.93. The van der Waals surface area contributed by atoms with Gasteiger partial charge in [-0.25, -0.2) is 0 Å². The van der Waals surface area contributed by atoms with Gasteiger partial charge in [-0.15, -0.1) is 0 Å². The van der Waals surface area contributed by atoms with E-state index in [2.05, 4.69) is 16.7 Å². The van der Waals surface area contributed by atoms with Crippen molar-refractivity contribution in [1.29, 1.82) is 0 Å². The Hall–Kier alpha value is -1.59. The fraction of sp³-hybridized carbons (Fsp3) is 0.650. The minimum atomic E-state index is 0.204. The summed E-state index contributed by atoms with van der Waals surface area (Å²) in [4.78, 5) is 17.4. The van der Waals surface area contributed by atoms with E-state index in [-0.39, 0.29) is 11.3 Å². The van der Waals surface area contributed by atoms with Crippen molar-refractivity contribution in [3.05, 3.63) is 29.8 Å². The average Bonchev–Trinajstić information content (AvgIpc) is 3.20. The lowest BCUT2D eigenvalue weighted by molar-refractivity contribution is -0.130. The van der Waals surface area contributed by atoms with Crippen LogP contribution in [-0.2, 0) is 16.0 Å². The molecule has 0 unspecified atom stereocenters. The normalized spacial score (nSPS) is 26.5. The van der Waals surface area contributed by atoms with Crippen LogP contribution in [0.25, 0.3) is 0 Å². The molecule has 0 N–H and O–H groups in total. The third kappa shape index (κ3) is 3.82. The van der Waals surface area contributed by atoms with Crippen molar-refractivity contribution in [3.63, 3.8) is 0 Å². The highest BCUT2D eigenvalue weighted by Crippen LogP contribution is 2.44. The van der Waals surface area contributed by atoms with E-state index in [0.717, 1.165) is 57.1 Å². The van der Waals surface area contributed by atoms with E-state index in [1.54, 1.807) is 14.2 Å². The van der Waals surface area contributed by atoms with Gasteiger partial charge in [0.1, 0.15) is 5.75 Å². The number of nitrogens with zero attached hydrogens (tertiary/aromatic N) is 2. The predicted octanol–water partition coefficient (Wildman–Crippen LogP) is 2.05. The van der Waals surface area contributed by atoms with Crippen LogP contribution in [0.1, 0.15) is 18.9 Å². The van der Waals surface area contributed by atoms with Gasteiger partial charge in [0.2, 0.25) is 5.91 Å². The van der Waals surface area contributed by atoms with Gasteiger partial charge in [0.05, 0.1) is 20.1 Å². The molecule has 2 saturated heterocycles. The quantitative estimate of drug-likeness (QED) is 0.791. The monoisotopic (exact) mass is 346 g/mol. The lowest BCUT2D eigenvalue weighted by Crippen LogP contribution is -2.38. The van der Waals surface area contributed by atoms with Gasteiger partial charge in [0, 0.05) is 44.6 Å². The van der Waals surface area contributed by atoms with Gasteiger partial charge in [0.25, 0.3) is 0 Å². The Balaban J connectivity index is 1.65. The summed E-state index contributed by atoms with van der Waals surface area (Å²) in [6, 6.07) is 7.80. The molecule has 1 amide bonds. The van der Waals surface area contributed by atoms with Gasteiger partial charge in [-0.3, -0.25) is 4.79 Å². The number of carbonyl (C=O) groups is 1. The first-order valence-corrected chi connectivity index (χ1v) is 9.22. The lowest BCUT2D eigenvalue weighted by Gasteiger charge is -2.30. The molecule has 2 heterocycles. The smallest absolute Gasteiger partial charge is 0.227 e. The van der Waals surface area contributed by atoms with Crippen molar-refractivity contribution in [1.82, 2.24) is 9.80 Å². The number of benzene rings is 1. The molecule has 5 nitrogen and oxygen atoms in total. The summed E-state index contributed by atoms with van der Waals surface area (Å²) in [5.41, 5.74) is 1.22. The second-order valence-corrected chi connectivity index (χ2v) is 7.44. The molecule has 2 fully saturated rings. The van der Waals surface area contributed by atoms with E-state index >= 15 is 0 Å². The molecule has 0 radical (unpaired) electrons. The van der Waals surface area contributed by atoms with Crippen LogP contribution in [-0.4, -0.2) is 69.3 Å². The maximum atomic E-state index is 12.8. The van der Waals surface area contributed by atoms with Crippen LogP contribution >= 0.6 is 0 Å². The summed E-state index contributed by atoms with van der Waals surface area (Å²) in [6.45, 7) is 7.96. The zero-order chi connectivity index (χ0) is 17.9. The van der Waals surface area contributed by atoms with Crippen molar-refractivity contribution in [3.8, 4) is 5.75 Å². The Morgan fingerprint density at radius 2 is 2.16 bits per heavy atom. The van der Waals surface area contributed by atoms with E-state index in [1.807, 2.05) is 24.3 Å². The molecule has 1 aromatic carbocycles. The van der Waals surface area contributed by atoms with Gasteiger partial charge >= 0.3 is 0 Å². The second kappa shape index (κ2) is 7.75. The Labute approximate surface area is 150 Å². The van der Waals surface area contributed by atoms with Crippen LogP contribution in [0, 0.1) is 11.3 Å². The number of hydrogen-bond acceptors (Lipinski definition) is 4. The van der Waals surface area contributed by atoms with Gasteiger partial charge in [-0.1, -0.05) is 19.1 Å². The van der Waals surface area contributed by atoms with Crippen LogP contribution in [0.5, 0.6) is 5.75 Å². The zero-order valence-electron chi connectivity index (χ0n) is 15.7. The number of likely N-dealkylation sites (tertiary alicyclic amines) is 2. The highest BCUT2D eigenvalue weighted by molar-refractivity contribution is 5.79. The van der Waals surface area contributed by atoms with Crippen LogP contribution in [0.15, 0.2) is 24.3 Å². The molecule has 2 aliphatic rings. The maximum absolute atomic E-state index is 12.8. The average molecular weight is 346 g/mol. The minimum Gasteiger partial charge on any atom is -0.497 e. The predicted molar refractivity (Wildman–Crippen MR) is 97.8 cm³/mol. The molecule has 138 valence electrons. The second-order valence-electron chi connectivity index (χ2n) is 7.44. The molecular formula is C20H30N2O3. The number of ether oxygens (including phenoxy) is 2. The van der Waals surface area contributed by atoms with Crippen molar-refractivity contribution in [2.24, 2.45) is 11.3 Å². The molecule has 0 aliphatic carbocycles. The van der Waals surface area contributed by atoms with Gasteiger partial charge < -0.3 is 19.3 Å². The fourth-order valence-electron chi connectivity index (χ4n) is 4.46. The Morgan fingerprint density at radius 1 is 1.32 bits per heavy atom. The third-order valence-electron chi connectivity index (χ3n) is 5.93. The maximum Gasteiger partial charge on any atom is 0.227 e. The van der Waals surface area contributed by atoms with E-state index in [4.69, 9.17) is 9.47 Å². The molecule has 3 rings (SSSR count). The SMILES string of the molecule is CCN1C[C@H](COC)[C@@]2(CCN(C(=O)Cc3cccc(OC)c3)C2)C1. The Morgan fingerprint density at radius 3 is 2.88 bits per heavy atom. The number of amides is 1. The minimum absolute atomic E-state index is 0.204. The molecule has 25 heavy (non-hydrogen) atoms. The van der Waals surface area contributed by atoms with Gasteiger partial charge in [-0.05, 0) is 30.7 Å². The van der Waals surface area contributed by atoms with Crippen LogP contribution in [0.4, 0.5) is 0 Å². The van der Waals surface area contributed by atoms with Gasteiger partial charge in [0.15, 0.2) is 0 Å². The lowest BCUT2D eigenvalue weighted by atomic mass is 9.77. The summed E-state index contributed by atoms with van der Waals surface area (Å²) in [6.07, 6.45) is 1.53. The van der Waals surface area contributed by atoms with E-state index in [1.165, 1.54) is 0 Å². The molecule has 0 aromatic heterocycles. The molecule has 2 aliphatic heterocycles. The molecule has 0 bridgehead atoms. The summed E-state index contributed by atoms with van der Waals surface area (Å²) in [5.74, 6) is 1.54. The first-order chi connectivity index (χ1) is 12.1. The molecule has 5 heteroatoms. The molecule has 0 saturated carbocycles. The van der Waals surface area contributed by atoms with E-state index in [9.17, 15) is 4.79 Å². The summed E-state index contributed by atoms with van der Waals surface area (Å²) >= 11 is 0. The largest absolute Gasteiger partial charge is 0.497 e. The highest BCUT2D eigenvalue weighted by Gasteiger charge is 2.50. The Kier molecular flexibility index (Phi) is 5.64. The van der Waals surface area contributed by atoms with E-state index < -0.39 is 0 Å². The fourth-order valence-corrected chi connectivity index (χ4v) is 4.46. The number of rotatable bonds is 6. The summed E-state index contributed by atoms with van der Waals surface area (Å²) in [5, 5.41) is 0. The molecule has 1 aromatic rings. The molecule has 2 atom stereocenters. The summed E-state index contributed by atoms with van der Waals surface area (Å²) < 4.78 is 10.7. The Bertz CT molecular complexity index is 606. The van der Waals surface area contributed by atoms with Crippen molar-refractivity contribution < 1.29 is 14.3 Å². The molecule has 1 spiro atoms. The van der Waals surface area contributed by atoms with Crippen molar-refractivity contribution in [2.45, 2.75) is 19.8 Å². The van der Waals surface area contributed by atoms with Crippen molar-refractivity contribution >= 4 is 5.91 Å². The van der Waals surface area contributed by atoms with Crippen molar-refractivity contribution in [2.75, 3.05) is 53.6 Å². The standard InChI is InChI=1S/C20H30N2O3/c1-4-21-12-17(13-24-2)20(14-21)8-9-22(15-20)19(23)11-16-6-5-7-18(10-16)25-3/h5-7,10,17H,4,8-9,11-15H2,1-3H3/t17-,20+/m1/s1. The highest BCUT2D eigenvalue weighted by atomic mass is 16.5. The first-order valence-electron chi connectivity index (χ1n) is 9.22. The molecular weight excluding hydrogens is 316 g/mol. The zero-order valence-corrected chi connectivity index (χ0v) is 15.7.